The molecule has 0 aliphatic carbocycles. The van der Waals surface area contributed by atoms with Gasteiger partial charge in [-0.2, -0.15) is 10.2 Å². The lowest BCUT2D eigenvalue weighted by molar-refractivity contribution is 0.0692. The number of anilines is 1. The second kappa shape index (κ2) is 6.32. The van der Waals surface area contributed by atoms with Gasteiger partial charge in [-0.3, -0.25) is 5.10 Å². The first-order valence-corrected chi connectivity index (χ1v) is 7.85. The topological polar surface area (TPSA) is 95.8 Å². The van der Waals surface area contributed by atoms with Crippen molar-refractivity contribution in [3.63, 3.8) is 0 Å². The third-order valence-electron chi connectivity index (χ3n) is 3.99. The molecule has 8 heteroatoms. The van der Waals surface area contributed by atoms with Crippen LogP contribution in [0.2, 0.25) is 0 Å². The number of fused-ring (bicyclic) bond motifs is 1. The summed E-state index contributed by atoms with van der Waals surface area (Å²) in [5.41, 5.74) is 3.13. The SMILES string of the molecule is O=C(O)c1n[nH]c2ccc(NCc3cnn(-c4ccc(F)cc4)c3)cc12. The molecule has 26 heavy (non-hydrogen) atoms. The van der Waals surface area contributed by atoms with E-state index in [4.69, 9.17) is 5.11 Å². The summed E-state index contributed by atoms with van der Waals surface area (Å²) in [5.74, 6) is -1.37. The van der Waals surface area contributed by atoms with Crippen LogP contribution in [0.25, 0.3) is 16.6 Å². The molecule has 3 N–H and O–H groups in total. The Morgan fingerprint density at radius 3 is 2.81 bits per heavy atom. The molecule has 0 radical (unpaired) electrons. The number of benzene rings is 2. The number of aromatic nitrogens is 4. The molecule has 0 saturated carbocycles. The predicted octanol–water partition coefficient (Wildman–Crippen LogP) is 3.20. The van der Waals surface area contributed by atoms with Crippen molar-refractivity contribution < 1.29 is 14.3 Å². The minimum atomic E-state index is -1.08. The highest BCUT2D eigenvalue weighted by Gasteiger charge is 2.13. The van der Waals surface area contributed by atoms with Crippen molar-refractivity contribution in [3.05, 3.63) is 71.9 Å². The van der Waals surface area contributed by atoms with E-state index >= 15 is 0 Å². The van der Waals surface area contributed by atoms with Crippen molar-refractivity contribution in [2.75, 3.05) is 5.32 Å². The summed E-state index contributed by atoms with van der Waals surface area (Å²) < 4.78 is 14.7. The summed E-state index contributed by atoms with van der Waals surface area (Å²) in [4.78, 5) is 11.2. The maximum absolute atomic E-state index is 13.0. The van der Waals surface area contributed by atoms with Crippen LogP contribution >= 0.6 is 0 Å². The van der Waals surface area contributed by atoms with Gasteiger partial charge in [-0.1, -0.05) is 0 Å². The molecule has 7 nitrogen and oxygen atoms in total. The highest BCUT2D eigenvalue weighted by Crippen LogP contribution is 2.21. The van der Waals surface area contributed by atoms with Gasteiger partial charge in [-0.25, -0.2) is 13.9 Å². The number of carbonyl (C=O) groups is 1. The number of carboxylic acids is 1. The Bertz CT molecular complexity index is 1080. The normalized spacial score (nSPS) is 11.0. The predicted molar refractivity (Wildman–Crippen MR) is 93.9 cm³/mol. The average molecular weight is 351 g/mol. The second-order valence-corrected chi connectivity index (χ2v) is 5.76. The lowest BCUT2D eigenvalue weighted by Gasteiger charge is -2.05. The van der Waals surface area contributed by atoms with Gasteiger partial charge in [0.25, 0.3) is 0 Å². The highest BCUT2D eigenvalue weighted by molar-refractivity contribution is 6.01. The third-order valence-corrected chi connectivity index (χ3v) is 3.99. The van der Waals surface area contributed by atoms with Gasteiger partial charge in [0.05, 0.1) is 17.4 Å². The Hall–Kier alpha value is -3.68. The number of hydrogen-bond donors (Lipinski definition) is 3. The van der Waals surface area contributed by atoms with Crippen LogP contribution in [0.4, 0.5) is 10.1 Å². The van der Waals surface area contributed by atoms with Crippen molar-refractivity contribution in [1.82, 2.24) is 20.0 Å². The van der Waals surface area contributed by atoms with E-state index in [1.165, 1.54) is 12.1 Å². The molecule has 4 rings (SSSR count). The zero-order valence-electron chi connectivity index (χ0n) is 13.5. The third kappa shape index (κ3) is 3.00. The van der Waals surface area contributed by atoms with Gasteiger partial charge in [0.15, 0.2) is 5.69 Å². The number of carboxylic acid groups (broad SMARTS) is 1. The minimum Gasteiger partial charge on any atom is -0.476 e. The molecule has 2 heterocycles. The smallest absolute Gasteiger partial charge is 0.357 e. The van der Waals surface area contributed by atoms with E-state index in [0.717, 1.165) is 16.9 Å². The molecule has 0 atom stereocenters. The van der Waals surface area contributed by atoms with Crippen molar-refractivity contribution >= 4 is 22.6 Å². The molecular formula is C18H14FN5O2. The Morgan fingerprint density at radius 1 is 1.23 bits per heavy atom. The van der Waals surface area contributed by atoms with Gasteiger partial charge in [0.2, 0.25) is 0 Å². The van der Waals surface area contributed by atoms with Crippen molar-refractivity contribution in [2.45, 2.75) is 6.54 Å². The van der Waals surface area contributed by atoms with Crippen molar-refractivity contribution in [1.29, 1.82) is 0 Å². The fourth-order valence-electron chi connectivity index (χ4n) is 2.68. The molecule has 0 aliphatic heterocycles. The Balaban J connectivity index is 1.50. The zero-order chi connectivity index (χ0) is 18.1. The number of rotatable bonds is 5. The number of nitrogens with zero attached hydrogens (tertiary/aromatic N) is 3. The molecule has 0 unspecified atom stereocenters. The second-order valence-electron chi connectivity index (χ2n) is 5.76. The van der Waals surface area contributed by atoms with Crippen molar-refractivity contribution in [3.8, 4) is 5.69 Å². The van der Waals surface area contributed by atoms with E-state index in [-0.39, 0.29) is 11.5 Å². The summed E-state index contributed by atoms with van der Waals surface area (Å²) >= 11 is 0. The van der Waals surface area contributed by atoms with Gasteiger partial charge >= 0.3 is 5.97 Å². The van der Waals surface area contributed by atoms with Crippen LogP contribution in [-0.4, -0.2) is 31.1 Å². The van der Waals surface area contributed by atoms with Crippen molar-refractivity contribution in [2.24, 2.45) is 0 Å². The highest BCUT2D eigenvalue weighted by atomic mass is 19.1. The Kier molecular flexibility index (Phi) is 3.85. The van der Waals surface area contributed by atoms with Crippen LogP contribution in [-0.2, 0) is 6.54 Å². The number of aromatic amines is 1. The summed E-state index contributed by atoms with van der Waals surface area (Å²) in [7, 11) is 0. The van der Waals surface area contributed by atoms with E-state index in [0.29, 0.717) is 17.4 Å². The fraction of sp³-hybridized carbons (Fsp3) is 0.0556. The number of hydrogen-bond acceptors (Lipinski definition) is 4. The molecular weight excluding hydrogens is 337 g/mol. The molecule has 0 fully saturated rings. The van der Waals surface area contributed by atoms with Crippen LogP contribution in [0.5, 0.6) is 0 Å². The summed E-state index contributed by atoms with van der Waals surface area (Å²) in [5, 5.41) is 23.7. The van der Waals surface area contributed by atoms with E-state index in [2.05, 4.69) is 20.6 Å². The first-order valence-electron chi connectivity index (χ1n) is 7.85. The lowest BCUT2D eigenvalue weighted by atomic mass is 10.2. The first-order chi connectivity index (χ1) is 12.6. The summed E-state index contributed by atoms with van der Waals surface area (Å²) in [6, 6.07) is 11.4. The number of halogens is 1. The van der Waals surface area contributed by atoms with Gasteiger partial charge in [0, 0.05) is 29.4 Å². The van der Waals surface area contributed by atoms with Crippen LogP contribution in [0.1, 0.15) is 16.1 Å². The molecule has 2 aromatic carbocycles. The van der Waals surface area contributed by atoms with Gasteiger partial charge in [-0.15, -0.1) is 0 Å². The lowest BCUT2D eigenvalue weighted by Crippen LogP contribution is -2.00. The maximum atomic E-state index is 13.0. The van der Waals surface area contributed by atoms with Gasteiger partial charge < -0.3 is 10.4 Å². The average Bonchev–Trinajstić information content (AvgIpc) is 3.27. The fourth-order valence-corrected chi connectivity index (χ4v) is 2.68. The van der Waals surface area contributed by atoms with E-state index < -0.39 is 5.97 Å². The molecule has 0 spiro atoms. The van der Waals surface area contributed by atoms with E-state index in [9.17, 15) is 9.18 Å². The van der Waals surface area contributed by atoms with Crippen LogP contribution < -0.4 is 5.32 Å². The van der Waals surface area contributed by atoms with Gasteiger partial charge in [0.1, 0.15) is 5.82 Å². The standard InChI is InChI=1S/C18H14FN5O2/c19-12-1-4-14(5-2-12)24-10-11(9-21-24)8-20-13-3-6-16-15(7-13)17(18(25)26)23-22-16/h1-7,9-10,20H,8H2,(H,22,23)(H,25,26). The quantitative estimate of drug-likeness (QED) is 0.513. The van der Waals surface area contributed by atoms with Gasteiger partial charge in [-0.05, 0) is 42.5 Å². The summed E-state index contributed by atoms with van der Waals surface area (Å²) in [6.07, 6.45) is 3.56. The molecule has 0 bridgehead atoms. The molecule has 0 amide bonds. The summed E-state index contributed by atoms with van der Waals surface area (Å²) in [6.45, 7) is 0.507. The minimum absolute atomic E-state index is 0.00669. The zero-order valence-corrected chi connectivity index (χ0v) is 13.5. The first kappa shape index (κ1) is 15.8. The van der Waals surface area contributed by atoms with Crippen LogP contribution in [0, 0.1) is 5.82 Å². The largest absolute Gasteiger partial charge is 0.476 e. The molecule has 2 aromatic heterocycles. The van der Waals surface area contributed by atoms with E-state index in [1.54, 1.807) is 35.1 Å². The molecule has 4 aromatic rings. The molecule has 130 valence electrons. The number of aromatic carboxylic acids is 1. The Morgan fingerprint density at radius 2 is 2.04 bits per heavy atom. The van der Waals surface area contributed by atoms with Crippen LogP contribution in [0.3, 0.4) is 0 Å². The molecule has 0 saturated heterocycles. The van der Waals surface area contributed by atoms with Crippen LogP contribution in [0.15, 0.2) is 54.9 Å². The number of H-pyrrole nitrogens is 1. The monoisotopic (exact) mass is 351 g/mol. The molecule has 0 aliphatic rings. The van der Waals surface area contributed by atoms with E-state index in [1.807, 2.05) is 12.3 Å². The Labute approximate surface area is 147 Å². The maximum Gasteiger partial charge on any atom is 0.357 e. The number of nitrogens with one attached hydrogen (secondary N) is 2.